The van der Waals surface area contributed by atoms with Crippen molar-refractivity contribution in [1.82, 2.24) is 0 Å². The van der Waals surface area contributed by atoms with E-state index in [0.29, 0.717) is 0 Å². The fourth-order valence-corrected chi connectivity index (χ4v) is 0.197. The Morgan fingerprint density at radius 1 is 1.83 bits per heavy atom. The molecular formula is C4H9NO. The lowest BCUT2D eigenvalue weighted by molar-refractivity contribution is 0.231. The van der Waals surface area contributed by atoms with Crippen molar-refractivity contribution in [2.75, 3.05) is 0 Å². The Kier molecular flexibility index (Phi) is 2.71. The highest BCUT2D eigenvalue weighted by molar-refractivity contribution is 4.80. The maximum absolute atomic E-state index is 8.24. The lowest BCUT2D eigenvalue weighted by Crippen LogP contribution is -2.14. The van der Waals surface area contributed by atoms with Crippen LogP contribution in [0.25, 0.3) is 0 Å². The molecule has 0 saturated carbocycles. The summed E-state index contributed by atoms with van der Waals surface area (Å²) in [6.07, 6.45) is 2.42. The Morgan fingerprint density at radius 3 is 2.33 bits per heavy atom. The summed E-state index contributed by atoms with van der Waals surface area (Å²) in [5.74, 6) is 0. The van der Waals surface area contributed by atoms with Gasteiger partial charge in [0.25, 0.3) is 0 Å². The minimum absolute atomic E-state index is 0.782. The number of hydrogen-bond acceptors (Lipinski definition) is 2. The van der Waals surface area contributed by atoms with E-state index in [1.54, 1.807) is 13.0 Å². The van der Waals surface area contributed by atoms with E-state index in [-0.39, 0.29) is 0 Å². The van der Waals surface area contributed by atoms with Crippen LogP contribution < -0.4 is 5.73 Å². The zero-order valence-corrected chi connectivity index (χ0v) is 3.76. The number of allylic oxidation sites excluding steroid dienone is 1. The van der Waals surface area contributed by atoms with E-state index < -0.39 is 6.23 Å². The van der Waals surface area contributed by atoms with Gasteiger partial charge < -0.3 is 10.8 Å². The summed E-state index contributed by atoms with van der Waals surface area (Å²) < 4.78 is 0. The van der Waals surface area contributed by atoms with Gasteiger partial charge in [-0.2, -0.15) is 0 Å². The highest BCUT2D eigenvalue weighted by Gasteiger charge is 1.77. The zero-order chi connectivity index (χ0) is 4.99. The molecule has 0 aromatic heterocycles. The molecular weight excluding hydrogens is 78.0 g/mol. The summed E-state index contributed by atoms with van der Waals surface area (Å²) in [7, 11) is 0. The van der Waals surface area contributed by atoms with Gasteiger partial charge in [-0.25, -0.2) is 0 Å². The predicted octanol–water partition coefficient (Wildman–Crippen LogP) is -0.160. The van der Waals surface area contributed by atoms with Crippen molar-refractivity contribution in [2.24, 2.45) is 5.73 Å². The van der Waals surface area contributed by atoms with Gasteiger partial charge in [0.1, 0.15) is 6.23 Å². The number of hydrogen-bond donors (Lipinski definition) is 2. The Hall–Kier alpha value is -0.340. The maximum atomic E-state index is 8.24. The maximum Gasteiger partial charge on any atom is 0.121 e. The van der Waals surface area contributed by atoms with Crippen LogP contribution in [0.1, 0.15) is 6.92 Å². The van der Waals surface area contributed by atoms with Gasteiger partial charge in [0.15, 0.2) is 0 Å². The van der Waals surface area contributed by atoms with E-state index in [4.69, 9.17) is 10.8 Å². The van der Waals surface area contributed by atoms with Crippen molar-refractivity contribution in [1.29, 1.82) is 0 Å². The highest BCUT2D eigenvalue weighted by atomic mass is 16.3. The first-order chi connectivity index (χ1) is 2.77. The standard InChI is InChI=1S/C4H9NO/c1-2-3-4(5)6/h2-4,6H,5H2,1H3. The SMILES string of the molecule is CC=CC(N)O. The Labute approximate surface area is 37.3 Å². The molecule has 2 heteroatoms. The Morgan fingerprint density at radius 2 is 2.33 bits per heavy atom. The van der Waals surface area contributed by atoms with Crippen LogP contribution in [0, 0.1) is 0 Å². The van der Waals surface area contributed by atoms with Crippen LogP contribution in [-0.4, -0.2) is 11.3 Å². The monoisotopic (exact) mass is 87.1 g/mol. The molecule has 0 spiro atoms. The molecule has 3 N–H and O–H groups in total. The topological polar surface area (TPSA) is 46.2 Å². The van der Waals surface area contributed by atoms with E-state index in [1.165, 1.54) is 6.08 Å². The van der Waals surface area contributed by atoms with Gasteiger partial charge in [-0.1, -0.05) is 6.08 Å². The number of aliphatic hydroxyl groups excluding tert-OH is 1. The van der Waals surface area contributed by atoms with E-state index >= 15 is 0 Å². The van der Waals surface area contributed by atoms with Crippen LogP contribution in [0.4, 0.5) is 0 Å². The third-order valence-electron chi connectivity index (χ3n) is 0.390. The van der Waals surface area contributed by atoms with Crippen LogP contribution in [-0.2, 0) is 0 Å². The quantitative estimate of drug-likeness (QED) is 0.345. The summed E-state index contributed by atoms with van der Waals surface area (Å²) in [6.45, 7) is 1.80. The molecule has 0 bridgehead atoms. The van der Waals surface area contributed by atoms with E-state index in [1.807, 2.05) is 0 Å². The molecule has 0 heterocycles. The molecule has 0 saturated heterocycles. The summed E-state index contributed by atoms with van der Waals surface area (Å²) in [5.41, 5.74) is 4.87. The minimum Gasteiger partial charge on any atom is -0.375 e. The van der Waals surface area contributed by atoms with Crippen LogP contribution in [0.15, 0.2) is 12.2 Å². The molecule has 0 aromatic rings. The van der Waals surface area contributed by atoms with Crippen LogP contribution >= 0.6 is 0 Å². The smallest absolute Gasteiger partial charge is 0.121 e. The van der Waals surface area contributed by atoms with Crippen molar-refractivity contribution in [3.63, 3.8) is 0 Å². The van der Waals surface area contributed by atoms with Crippen LogP contribution in [0.5, 0.6) is 0 Å². The Bertz CT molecular complexity index is 49.5. The van der Waals surface area contributed by atoms with Gasteiger partial charge in [0.05, 0.1) is 0 Å². The van der Waals surface area contributed by atoms with Gasteiger partial charge in [-0.15, -0.1) is 0 Å². The second-order valence-electron chi connectivity index (χ2n) is 1.02. The molecule has 0 aliphatic carbocycles. The summed E-state index contributed by atoms with van der Waals surface area (Å²) in [4.78, 5) is 0. The third-order valence-corrected chi connectivity index (χ3v) is 0.390. The molecule has 0 aliphatic rings. The fraction of sp³-hybridized carbons (Fsp3) is 0.500. The summed E-state index contributed by atoms with van der Waals surface area (Å²) >= 11 is 0. The van der Waals surface area contributed by atoms with Gasteiger partial charge in [-0.05, 0) is 13.0 Å². The normalized spacial score (nSPS) is 15.8. The van der Waals surface area contributed by atoms with E-state index in [0.717, 1.165) is 0 Å². The van der Waals surface area contributed by atoms with Gasteiger partial charge in [-0.3, -0.25) is 0 Å². The van der Waals surface area contributed by atoms with Crippen molar-refractivity contribution >= 4 is 0 Å². The zero-order valence-electron chi connectivity index (χ0n) is 3.76. The number of aliphatic hydroxyl groups is 1. The highest BCUT2D eigenvalue weighted by Crippen LogP contribution is 1.69. The molecule has 6 heavy (non-hydrogen) atoms. The number of nitrogens with two attached hydrogens (primary N) is 1. The molecule has 0 rings (SSSR count). The fourth-order valence-electron chi connectivity index (χ4n) is 0.197. The average Bonchev–Trinajstić information content (AvgIpc) is 1.35. The van der Waals surface area contributed by atoms with Gasteiger partial charge >= 0.3 is 0 Å². The second kappa shape index (κ2) is 2.87. The molecule has 0 fully saturated rings. The van der Waals surface area contributed by atoms with E-state index in [9.17, 15) is 0 Å². The molecule has 0 radical (unpaired) electrons. The molecule has 2 nitrogen and oxygen atoms in total. The Balaban J connectivity index is 3.03. The van der Waals surface area contributed by atoms with Crippen LogP contribution in [0.3, 0.4) is 0 Å². The van der Waals surface area contributed by atoms with Gasteiger partial charge in [0, 0.05) is 0 Å². The molecule has 1 atom stereocenters. The summed E-state index contributed by atoms with van der Waals surface area (Å²) in [6, 6.07) is 0. The summed E-state index contributed by atoms with van der Waals surface area (Å²) in [5, 5.41) is 8.24. The predicted molar refractivity (Wildman–Crippen MR) is 25.0 cm³/mol. The van der Waals surface area contributed by atoms with Crippen molar-refractivity contribution in [2.45, 2.75) is 13.2 Å². The van der Waals surface area contributed by atoms with Crippen molar-refractivity contribution < 1.29 is 5.11 Å². The van der Waals surface area contributed by atoms with Gasteiger partial charge in [0.2, 0.25) is 0 Å². The van der Waals surface area contributed by atoms with Crippen LogP contribution in [0.2, 0.25) is 0 Å². The molecule has 36 valence electrons. The first kappa shape index (κ1) is 5.66. The largest absolute Gasteiger partial charge is 0.375 e. The lowest BCUT2D eigenvalue weighted by Gasteiger charge is -1.88. The first-order valence-corrected chi connectivity index (χ1v) is 1.84. The average molecular weight is 87.1 g/mol. The second-order valence-corrected chi connectivity index (χ2v) is 1.02. The lowest BCUT2D eigenvalue weighted by atomic mass is 10.5. The molecule has 0 aliphatic heterocycles. The third kappa shape index (κ3) is 3.66. The number of rotatable bonds is 1. The molecule has 1 unspecified atom stereocenters. The molecule has 0 amide bonds. The minimum atomic E-state index is -0.782. The van der Waals surface area contributed by atoms with Crippen molar-refractivity contribution in [3.8, 4) is 0 Å². The molecule has 0 aromatic carbocycles. The van der Waals surface area contributed by atoms with E-state index in [2.05, 4.69) is 0 Å². The van der Waals surface area contributed by atoms with Crippen molar-refractivity contribution in [3.05, 3.63) is 12.2 Å². The first-order valence-electron chi connectivity index (χ1n) is 1.84.